The normalized spacial score (nSPS) is 11.9. The second-order valence-electron chi connectivity index (χ2n) is 4.67. The number of amides is 1. The Hall–Kier alpha value is -0.880. The summed E-state index contributed by atoms with van der Waals surface area (Å²) in [6.07, 6.45) is 0.939. The molecule has 0 fully saturated rings. The van der Waals surface area contributed by atoms with Crippen LogP contribution in [0.5, 0.6) is 11.5 Å². The molecular weight excluding hydrogens is 354 g/mol. The van der Waals surface area contributed by atoms with Crippen LogP contribution in [0.15, 0.2) is 16.6 Å². The molecule has 0 radical (unpaired) electrons. The third-order valence-corrected chi connectivity index (χ3v) is 4.67. The van der Waals surface area contributed by atoms with E-state index in [1.54, 1.807) is 26.0 Å². The first-order valence-electron chi connectivity index (χ1n) is 6.79. The number of rotatable bonds is 8. The van der Waals surface area contributed by atoms with Gasteiger partial charge < -0.3 is 14.8 Å². The van der Waals surface area contributed by atoms with E-state index in [9.17, 15) is 4.79 Å². The van der Waals surface area contributed by atoms with Crippen molar-refractivity contribution in [1.82, 2.24) is 5.32 Å². The van der Waals surface area contributed by atoms with E-state index in [0.29, 0.717) is 11.5 Å². The summed E-state index contributed by atoms with van der Waals surface area (Å²) in [5, 5.41) is 2.95. The fraction of sp³-hybridized carbons (Fsp3) is 0.533. The molecule has 118 valence electrons. The number of carbonyl (C=O) groups excluding carboxylic acids is 1. The quantitative estimate of drug-likeness (QED) is 0.753. The summed E-state index contributed by atoms with van der Waals surface area (Å²) in [6.45, 7) is 4.06. The van der Waals surface area contributed by atoms with Gasteiger partial charge in [0.2, 0.25) is 5.91 Å². The second kappa shape index (κ2) is 9.20. The van der Waals surface area contributed by atoms with Gasteiger partial charge in [0, 0.05) is 17.4 Å². The van der Waals surface area contributed by atoms with Gasteiger partial charge in [-0.05, 0) is 41.4 Å². The highest BCUT2D eigenvalue weighted by atomic mass is 79.9. The number of carbonyl (C=O) groups is 1. The number of methoxy groups -OCH3 is 2. The molecule has 0 bridgehead atoms. The molecule has 0 spiro atoms. The summed E-state index contributed by atoms with van der Waals surface area (Å²) in [6, 6.07) is 4.04. The van der Waals surface area contributed by atoms with Crippen LogP contribution in [-0.2, 0) is 10.5 Å². The molecule has 1 aromatic rings. The lowest BCUT2D eigenvalue weighted by atomic mass is 10.2. The molecule has 0 heterocycles. The Morgan fingerprint density at radius 2 is 2.00 bits per heavy atom. The topological polar surface area (TPSA) is 47.6 Å². The Kier molecular flexibility index (Phi) is 7.96. The average Bonchev–Trinajstić information content (AvgIpc) is 2.47. The fourth-order valence-electron chi connectivity index (χ4n) is 1.71. The van der Waals surface area contributed by atoms with E-state index < -0.39 is 0 Å². The summed E-state index contributed by atoms with van der Waals surface area (Å²) < 4.78 is 11.5. The first-order valence-corrected chi connectivity index (χ1v) is 8.74. The largest absolute Gasteiger partial charge is 0.496 e. The van der Waals surface area contributed by atoms with Gasteiger partial charge in [-0.25, -0.2) is 0 Å². The van der Waals surface area contributed by atoms with Crippen molar-refractivity contribution in [2.75, 3.05) is 20.0 Å². The SMILES string of the molecule is CC[C@H](C)NC(=O)CSCc1cc(OC)c(Br)cc1OC. The Balaban J connectivity index is 2.60. The maximum Gasteiger partial charge on any atom is 0.230 e. The van der Waals surface area contributed by atoms with Crippen molar-refractivity contribution in [3.63, 3.8) is 0 Å². The van der Waals surface area contributed by atoms with E-state index in [4.69, 9.17) is 9.47 Å². The highest BCUT2D eigenvalue weighted by Gasteiger charge is 2.11. The minimum atomic E-state index is 0.0670. The average molecular weight is 376 g/mol. The van der Waals surface area contributed by atoms with Crippen LogP contribution >= 0.6 is 27.7 Å². The van der Waals surface area contributed by atoms with Gasteiger partial charge in [0.05, 0.1) is 24.4 Å². The van der Waals surface area contributed by atoms with Gasteiger partial charge in [-0.3, -0.25) is 4.79 Å². The predicted molar refractivity (Wildman–Crippen MR) is 91.3 cm³/mol. The van der Waals surface area contributed by atoms with Gasteiger partial charge in [0.25, 0.3) is 0 Å². The van der Waals surface area contributed by atoms with Crippen LogP contribution in [-0.4, -0.2) is 31.9 Å². The maximum atomic E-state index is 11.7. The molecule has 0 saturated heterocycles. The third kappa shape index (κ3) is 5.79. The van der Waals surface area contributed by atoms with E-state index in [0.717, 1.165) is 28.0 Å². The molecular formula is C15H22BrNO3S. The molecule has 6 heteroatoms. The van der Waals surface area contributed by atoms with E-state index in [2.05, 4.69) is 28.2 Å². The molecule has 21 heavy (non-hydrogen) atoms. The summed E-state index contributed by atoms with van der Waals surface area (Å²) in [5.41, 5.74) is 1.01. The van der Waals surface area contributed by atoms with Gasteiger partial charge in [-0.2, -0.15) is 0 Å². The second-order valence-corrected chi connectivity index (χ2v) is 6.51. The monoisotopic (exact) mass is 375 g/mol. The van der Waals surface area contributed by atoms with Crippen molar-refractivity contribution in [2.45, 2.75) is 32.1 Å². The van der Waals surface area contributed by atoms with Crippen molar-refractivity contribution >= 4 is 33.6 Å². The molecule has 1 rings (SSSR count). The van der Waals surface area contributed by atoms with Crippen LogP contribution in [0.2, 0.25) is 0 Å². The van der Waals surface area contributed by atoms with Crippen LogP contribution < -0.4 is 14.8 Å². The fourth-order valence-corrected chi connectivity index (χ4v) is 3.01. The van der Waals surface area contributed by atoms with Crippen LogP contribution in [0.4, 0.5) is 0 Å². The summed E-state index contributed by atoms with van der Waals surface area (Å²) >= 11 is 4.99. The van der Waals surface area contributed by atoms with Gasteiger partial charge in [0.1, 0.15) is 11.5 Å². The number of halogens is 1. The van der Waals surface area contributed by atoms with Crippen LogP contribution in [0.3, 0.4) is 0 Å². The maximum absolute atomic E-state index is 11.7. The van der Waals surface area contributed by atoms with E-state index in [-0.39, 0.29) is 11.9 Å². The zero-order valence-corrected chi connectivity index (χ0v) is 15.3. The molecule has 1 N–H and O–H groups in total. The Morgan fingerprint density at radius 3 is 2.57 bits per heavy atom. The first kappa shape index (κ1) is 18.2. The molecule has 0 aliphatic rings. The number of benzene rings is 1. The van der Waals surface area contributed by atoms with E-state index >= 15 is 0 Å². The smallest absolute Gasteiger partial charge is 0.230 e. The number of hydrogen-bond donors (Lipinski definition) is 1. The zero-order chi connectivity index (χ0) is 15.8. The van der Waals surface area contributed by atoms with Crippen LogP contribution in [0.1, 0.15) is 25.8 Å². The molecule has 0 unspecified atom stereocenters. The summed E-state index contributed by atoms with van der Waals surface area (Å²) in [4.78, 5) is 11.7. The zero-order valence-electron chi connectivity index (χ0n) is 12.9. The van der Waals surface area contributed by atoms with Gasteiger partial charge in [0.15, 0.2) is 0 Å². The first-order chi connectivity index (χ1) is 10.0. The number of ether oxygens (including phenoxy) is 2. The highest BCUT2D eigenvalue weighted by Crippen LogP contribution is 2.34. The molecule has 0 aliphatic heterocycles. The van der Waals surface area contributed by atoms with Gasteiger partial charge in [-0.15, -0.1) is 11.8 Å². The Morgan fingerprint density at radius 1 is 1.33 bits per heavy atom. The lowest BCUT2D eigenvalue weighted by Gasteiger charge is -2.13. The molecule has 1 amide bonds. The highest BCUT2D eigenvalue weighted by molar-refractivity contribution is 9.10. The lowest BCUT2D eigenvalue weighted by molar-refractivity contribution is -0.119. The van der Waals surface area contributed by atoms with Gasteiger partial charge in [-0.1, -0.05) is 6.92 Å². The molecule has 1 aromatic carbocycles. The van der Waals surface area contributed by atoms with Crippen molar-refractivity contribution in [3.8, 4) is 11.5 Å². The minimum Gasteiger partial charge on any atom is -0.496 e. The molecule has 4 nitrogen and oxygen atoms in total. The Labute approximate surface area is 139 Å². The van der Waals surface area contributed by atoms with Gasteiger partial charge >= 0.3 is 0 Å². The van der Waals surface area contributed by atoms with Crippen molar-refractivity contribution < 1.29 is 14.3 Å². The van der Waals surface area contributed by atoms with Crippen LogP contribution in [0, 0.1) is 0 Å². The third-order valence-electron chi connectivity index (χ3n) is 3.07. The lowest BCUT2D eigenvalue weighted by Crippen LogP contribution is -2.33. The van der Waals surface area contributed by atoms with Crippen molar-refractivity contribution in [2.24, 2.45) is 0 Å². The molecule has 0 aliphatic carbocycles. The molecule has 1 atom stereocenters. The molecule has 0 saturated carbocycles. The standard InChI is InChI=1S/C15H22BrNO3S/c1-5-10(2)17-15(18)9-21-8-11-6-14(20-4)12(16)7-13(11)19-3/h6-7,10H,5,8-9H2,1-4H3,(H,17,18)/t10-/m0/s1. The summed E-state index contributed by atoms with van der Waals surface area (Å²) in [7, 11) is 3.27. The van der Waals surface area contributed by atoms with E-state index in [1.165, 1.54) is 0 Å². The summed E-state index contributed by atoms with van der Waals surface area (Å²) in [5.74, 6) is 2.75. The van der Waals surface area contributed by atoms with Crippen molar-refractivity contribution in [3.05, 3.63) is 22.2 Å². The van der Waals surface area contributed by atoms with Crippen molar-refractivity contribution in [1.29, 1.82) is 0 Å². The van der Waals surface area contributed by atoms with E-state index in [1.807, 2.05) is 19.1 Å². The molecule has 0 aromatic heterocycles. The number of nitrogens with one attached hydrogen (secondary N) is 1. The van der Waals surface area contributed by atoms with Crippen LogP contribution in [0.25, 0.3) is 0 Å². The number of hydrogen-bond acceptors (Lipinski definition) is 4. The number of thioether (sulfide) groups is 1. The predicted octanol–water partition coefficient (Wildman–Crippen LogP) is 3.61. The Bertz CT molecular complexity index is 482. The minimum absolute atomic E-state index is 0.0670.